The minimum absolute atomic E-state index is 0.513. The second-order valence-corrected chi connectivity index (χ2v) is 8.05. The highest BCUT2D eigenvalue weighted by Crippen LogP contribution is 2.05. The van der Waals surface area contributed by atoms with Gasteiger partial charge in [-0.1, -0.05) is 18.2 Å². The molecule has 25 heavy (non-hydrogen) atoms. The highest BCUT2D eigenvalue weighted by Gasteiger charge is 2.12. The fourth-order valence-corrected chi connectivity index (χ4v) is 3.67. The summed E-state index contributed by atoms with van der Waals surface area (Å²) in [7, 11) is -0.983. The van der Waals surface area contributed by atoms with Crippen molar-refractivity contribution in [1.82, 2.24) is 15.5 Å². The van der Waals surface area contributed by atoms with Crippen molar-refractivity contribution in [3.63, 3.8) is 0 Å². The number of aliphatic imine (C=N–C) groups is 1. The first-order valence-electron chi connectivity index (χ1n) is 9.17. The Hall–Kier alpha value is -1.40. The number of nitrogens with one attached hydrogen (secondary N) is 2. The van der Waals surface area contributed by atoms with E-state index in [-0.39, 0.29) is 0 Å². The van der Waals surface area contributed by atoms with Crippen molar-refractivity contribution in [2.45, 2.75) is 51.6 Å². The quantitative estimate of drug-likeness (QED) is 0.493. The van der Waals surface area contributed by atoms with Crippen molar-refractivity contribution in [2.24, 2.45) is 4.99 Å². The molecule has 0 aliphatic rings. The van der Waals surface area contributed by atoms with E-state index in [2.05, 4.69) is 48.2 Å². The number of hydrogen-bond donors (Lipinski definition) is 2. The molecule has 2 N–H and O–H groups in total. The van der Waals surface area contributed by atoms with Crippen LogP contribution in [0.15, 0.2) is 40.2 Å². The summed E-state index contributed by atoms with van der Waals surface area (Å²) >= 11 is 0. The number of rotatable bonds is 10. The van der Waals surface area contributed by atoms with E-state index in [1.54, 1.807) is 0 Å². The highest BCUT2D eigenvalue weighted by molar-refractivity contribution is 7.85. The minimum Gasteiger partial charge on any atom is -0.357 e. The maximum Gasteiger partial charge on any atom is 0.191 e. The smallest absolute Gasteiger partial charge is 0.191 e. The first-order chi connectivity index (χ1) is 12.0. The van der Waals surface area contributed by atoms with E-state index >= 15 is 0 Å². The summed E-state index contributed by atoms with van der Waals surface area (Å²) in [6.45, 7) is 14.0. The first-order valence-corrected chi connectivity index (χ1v) is 10.5. The summed E-state index contributed by atoms with van der Waals surface area (Å²) in [6.07, 6.45) is 0. The SMILES string of the molecule is CCNC(=NCCN(C(C)C)C(C)C)NCCS(=O)c1ccccc1. The standard InChI is InChI=1S/C19H34N4OS/c1-6-20-19(21-12-14-23(16(2)3)17(4)5)22-13-15-25(24)18-10-8-7-9-11-18/h7-11,16-17H,6,12-15H2,1-5H3,(H2,20,21,22). The molecule has 0 saturated heterocycles. The van der Waals surface area contributed by atoms with Gasteiger partial charge in [0.25, 0.3) is 0 Å². The molecule has 1 atom stereocenters. The van der Waals surface area contributed by atoms with Gasteiger partial charge in [-0.3, -0.25) is 14.1 Å². The Morgan fingerprint density at radius 3 is 2.32 bits per heavy atom. The first kappa shape index (κ1) is 21.6. The molecule has 0 saturated carbocycles. The van der Waals surface area contributed by atoms with Gasteiger partial charge >= 0.3 is 0 Å². The van der Waals surface area contributed by atoms with Crippen LogP contribution in [-0.2, 0) is 10.8 Å². The monoisotopic (exact) mass is 366 g/mol. The van der Waals surface area contributed by atoms with Gasteiger partial charge in [0.15, 0.2) is 5.96 Å². The normalized spacial score (nSPS) is 13.5. The van der Waals surface area contributed by atoms with Crippen LogP contribution in [0.5, 0.6) is 0 Å². The fourth-order valence-electron chi connectivity index (χ4n) is 2.68. The third-order valence-corrected chi connectivity index (χ3v) is 5.26. The average Bonchev–Trinajstić information content (AvgIpc) is 2.58. The summed E-state index contributed by atoms with van der Waals surface area (Å²) in [5, 5.41) is 6.53. The summed E-state index contributed by atoms with van der Waals surface area (Å²) in [4.78, 5) is 7.94. The predicted octanol–water partition coefficient (Wildman–Crippen LogP) is 2.47. The summed E-state index contributed by atoms with van der Waals surface area (Å²) in [5.41, 5.74) is 0. The molecule has 142 valence electrons. The molecule has 1 rings (SSSR count). The lowest BCUT2D eigenvalue weighted by molar-refractivity contribution is 0.181. The van der Waals surface area contributed by atoms with Crippen molar-refractivity contribution in [3.05, 3.63) is 30.3 Å². The van der Waals surface area contributed by atoms with Crippen molar-refractivity contribution in [3.8, 4) is 0 Å². The van der Waals surface area contributed by atoms with Crippen molar-refractivity contribution >= 4 is 16.8 Å². The van der Waals surface area contributed by atoms with Crippen molar-refractivity contribution < 1.29 is 4.21 Å². The largest absolute Gasteiger partial charge is 0.357 e. The van der Waals surface area contributed by atoms with Crippen LogP contribution in [0.3, 0.4) is 0 Å². The Balaban J connectivity index is 2.46. The van der Waals surface area contributed by atoms with Gasteiger partial charge in [-0.25, -0.2) is 0 Å². The Labute approximate surface area is 155 Å². The van der Waals surface area contributed by atoms with E-state index in [9.17, 15) is 4.21 Å². The van der Waals surface area contributed by atoms with Gasteiger partial charge in [-0.2, -0.15) is 0 Å². The van der Waals surface area contributed by atoms with Gasteiger partial charge in [0.2, 0.25) is 0 Å². The van der Waals surface area contributed by atoms with Gasteiger partial charge < -0.3 is 10.6 Å². The van der Waals surface area contributed by atoms with Crippen LogP contribution < -0.4 is 10.6 Å². The van der Waals surface area contributed by atoms with E-state index in [1.165, 1.54) is 0 Å². The third-order valence-electron chi connectivity index (χ3n) is 3.88. The lowest BCUT2D eigenvalue weighted by Gasteiger charge is -2.29. The Kier molecular flexibility index (Phi) is 10.4. The van der Waals surface area contributed by atoms with Gasteiger partial charge in [-0.05, 0) is 46.8 Å². The van der Waals surface area contributed by atoms with Crippen LogP contribution in [0, 0.1) is 0 Å². The van der Waals surface area contributed by atoms with E-state index < -0.39 is 10.8 Å². The molecule has 1 aromatic carbocycles. The van der Waals surface area contributed by atoms with E-state index in [0.717, 1.165) is 30.5 Å². The molecule has 0 aromatic heterocycles. The van der Waals surface area contributed by atoms with E-state index in [1.807, 2.05) is 37.3 Å². The fraction of sp³-hybridized carbons (Fsp3) is 0.632. The van der Waals surface area contributed by atoms with Gasteiger partial charge in [0.05, 0.1) is 17.3 Å². The zero-order valence-electron chi connectivity index (χ0n) is 16.3. The second-order valence-electron chi connectivity index (χ2n) is 6.48. The van der Waals surface area contributed by atoms with Crippen LogP contribution in [0.2, 0.25) is 0 Å². The van der Waals surface area contributed by atoms with Crippen molar-refractivity contribution in [1.29, 1.82) is 0 Å². The Morgan fingerprint density at radius 1 is 1.12 bits per heavy atom. The number of nitrogens with zero attached hydrogens (tertiary/aromatic N) is 2. The van der Waals surface area contributed by atoms with Crippen LogP contribution >= 0.6 is 0 Å². The lowest BCUT2D eigenvalue weighted by atomic mass is 10.2. The molecular weight excluding hydrogens is 332 g/mol. The molecule has 1 aromatic rings. The molecule has 5 nitrogen and oxygen atoms in total. The Bertz CT molecular complexity index is 523. The molecule has 1 unspecified atom stereocenters. The number of benzene rings is 1. The molecule has 0 amide bonds. The third kappa shape index (κ3) is 8.50. The molecule has 0 aliphatic carbocycles. The summed E-state index contributed by atoms with van der Waals surface area (Å²) in [5.74, 6) is 1.36. The average molecular weight is 367 g/mol. The van der Waals surface area contributed by atoms with Crippen LogP contribution in [0.25, 0.3) is 0 Å². The molecule has 0 aliphatic heterocycles. The molecule has 0 spiro atoms. The highest BCUT2D eigenvalue weighted by atomic mass is 32.2. The molecule has 0 fully saturated rings. The van der Waals surface area contributed by atoms with Gasteiger partial charge in [0, 0.05) is 42.4 Å². The van der Waals surface area contributed by atoms with E-state index in [0.29, 0.717) is 24.4 Å². The second kappa shape index (κ2) is 12.0. The van der Waals surface area contributed by atoms with Crippen LogP contribution in [-0.4, -0.2) is 59.1 Å². The van der Waals surface area contributed by atoms with Crippen LogP contribution in [0.1, 0.15) is 34.6 Å². The van der Waals surface area contributed by atoms with Gasteiger partial charge in [0.1, 0.15) is 0 Å². The maximum absolute atomic E-state index is 12.2. The van der Waals surface area contributed by atoms with Crippen molar-refractivity contribution in [2.75, 3.05) is 31.9 Å². The summed E-state index contributed by atoms with van der Waals surface area (Å²) in [6, 6.07) is 10.6. The molecule has 0 heterocycles. The number of guanidine groups is 1. The summed E-state index contributed by atoms with van der Waals surface area (Å²) < 4.78 is 12.2. The molecule has 0 bridgehead atoms. The number of hydrogen-bond acceptors (Lipinski definition) is 3. The zero-order chi connectivity index (χ0) is 18.7. The predicted molar refractivity (Wildman–Crippen MR) is 109 cm³/mol. The van der Waals surface area contributed by atoms with E-state index in [4.69, 9.17) is 0 Å². The maximum atomic E-state index is 12.2. The lowest BCUT2D eigenvalue weighted by Crippen LogP contribution is -2.41. The molecular formula is C19H34N4OS. The minimum atomic E-state index is -0.983. The van der Waals surface area contributed by atoms with Crippen LogP contribution in [0.4, 0.5) is 0 Å². The topological polar surface area (TPSA) is 56.7 Å². The molecule has 6 heteroatoms. The van der Waals surface area contributed by atoms with Gasteiger partial charge in [-0.15, -0.1) is 0 Å². The Morgan fingerprint density at radius 2 is 1.76 bits per heavy atom. The zero-order valence-corrected chi connectivity index (χ0v) is 17.1. The molecule has 0 radical (unpaired) electrons.